The maximum atomic E-state index is 13.4. The number of halogens is 1. The molecule has 1 aromatic heterocycles. The van der Waals surface area contributed by atoms with Gasteiger partial charge < -0.3 is 14.6 Å². The number of benzene rings is 2. The number of furan rings is 1. The van der Waals surface area contributed by atoms with E-state index in [1.54, 1.807) is 29.2 Å². The van der Waals surface area contributed by atoms with Gasteiger partial charge in [0, 0.05) is 11.3 Å². The first-order valence-corrected chi connectivity index (χ1v) is 10.3. The highest BCUT2D eigenvalue weighted by atomic mass is 19.1. The van der Waals surface area contributed by atoms with Crippen LogP contribution in [0, 0.1) is 12.7 Å². The van der Waals surface area contributed by atoms with E-state index in [-0.39, 0.29) is 30.2 Å². The molecule has 0 spiro atoms. The van der Waals surface area contributed by atoms with Gasteiger partial charge in [-0.15, -0.1) is 0 Å². The third-order valence-electron chi connectivity index (χ3n) is 5.91. The fourth-order valence-electron chi connectivity index (χ4n) is 4.05. The molecule has 1 unspecified atom stereocenters. The summed E-state index contributed by atoms with van der Waals surface area (Å²) in [4.78, 5) is 27.8. The van der Waals surface area contributed by atoms with Crippen LogP contribution in [-0.2, 0) is 16.8 Å². The Labute approximate surface area is 180 Å². The number of carbonyl (C=O) groups excluding carboxylic acids is 2. The average Bonchev–Trinajstić information content (AvgIpc) is 3.25. The first kappa shape index (κ1) is 20.8. The number of rotatable bonds is 5. The summed E-state index contributed by atoms with van der Waals surface area (Å²) in [6, 6.07) is 14.8. The van der Waals surface area contributed by atoms with E-state index in [4.69, 9.17) is 4.42 Å². The number of carbonyl (C=O) groups is 2. The van der Waals surface area contributed by atoms with Crippen molar-refractivity contribution >= 4 is 17.5 Å². The largest absolute Gasteiger partial charge is 0.465 e. The Morgan fingerprint density at radius 2 is 1.84 bits per heavy atom. The molecule has 5 nitrogen and oxygen atoms in total. The summed E-state index contributed by atoms with van der Waals surface area (Å²) >= 11 is 0. The summed E-state index contributed by atoms with van der Waals surface area (Å²) in [5, 5.41) is 2.86. The van der Waals surface area contributed by atoms with Gasteiger partial charge in [0.2, 0.25) is 5.91 Å². The number of hydrogen-bond acceptors (Lipinski definition) is 3. The van der Waals surface area contributed by atoms with Gasteiger partial charge in [0.25, 0.3) is 5.91 Å². The lowest BCUT2D eigenvalue weighted by Crippen LogP contribution is -2.37. The Bertz CT molecular complexity index is 1150. The van der Waals surface area contributed by atoms with Gasteiger partial charge in [-0.1, -0.05) is 18.2 Å². The molecule has 1 N–H and O–H groups in total. The maximum Gasteiger partial charge on any atom is 0.251 e. The van der Waals surface area contributed by atoms with Gasteiger partial charge in [0.1, 0.15) is 17.3 Å². The molecule has 6 heteroatoms. The zero-order valence-electron chi connectivity index (χ0n) is 18.0. The van der Waals surface area contributed by atoms with E-state index < -0.39 is 5.41 Å². The molecule has 1 atom stereocenters. The Kier molecular flexibility index (Phi) is 5.17. The monoisotopic (exact) mass is 420 g/mol. The summed E-state index contributed by atoms with van der Waals surface area (Å²) < 4.78 is 18.9. The highest BCUT2D eigenvalue weighted by Gasteiger charge is 2.46. The first-order chi connectivity index (χ1) is 14.7. The zero-order chi connectivity index (χ0) is 22.3. The highest BCUT2D eigenvalue weighted by Crippen LogP contribution is 2.45. The molecule has 0 saturated carbocycles. The average molecular weight is 420 g/mol. The third-order valence-corrected chi connectivity index (χ3v) is 5.91. The molecular weight excluding hydrogens is 395 g/mol. The van der Waals surface area contributed by atoms with Crippen molar-refractivity contribution in [2.75, 3.05) is 4.90 Å². The molecule has 2 amide bonds. The van der Waals surface area contributed by atoms with E-state index in [1.807, 2.05) is 45.9 Å². The van der Waals surface area contributed by atoms with Crippen molar-refractivity contribution in [1.82, 2.24) is 5.32 Å². The second kappa shape index (κ2) is 7.69. The van der Waals surface area contributed by atoms with Gasteiger partial charge in [-0.2, -0.15) is 0 Å². The van der Waals surface area contributed by atoms with Gasteiger partial charge in [-0.05, 0) is 75.2 Å². The Morgan fingerprint density at radius 3 is 2.48 bits per heavy atom. The van der Waals surface area contributed by atoms with E-state index in [2.05, 4.69) is 5.32 Å². The van der Waals surface area contributed by atoms with Crippen LogP contribution in [0.25, 0.3) is 0 Å². The van der Waals surface area contributed by atoms with Crippen LogP contribution in [0.4, 0.5) is 10.1 Å². The second-order valence-corrected chi connectivity index (χ2v) is 8.45. The van der Waals surface area contributed by atoms with Crippen LogP contribution in [0.15, 0.2) is 59.0 Å². The van der Waals surface area contributed by atoms with E-state index >= 15 is 0 Å². The van der Waals surface area contributed by atoms with Gasteiger partial charge in [-0.3, -0.25) is 9.59 Å². The van der Waals surface area contributed by atoms with Crippen molar-refractivity contribution in [3.05, 3.63) is 88.6 Å². The standard InChI is InChI=1S/C25H25FN2O3/c1-15-5-11-20(31-15)14-27-23(29)18-8-12-21-22(13-18)28(24(30)25(21,3)4)16(2)17-6-9-19(26)10-7-17/h5-13,16H,14H2,1-4H3,(H,27,29). The van der Waals surface area contributed by atoms with Crippen LogP contribution in [0.3, 0.4) is 0 Å². The SMILES string of the molecule is Cc1ccc(CNC(=O)c2ccc3c(c2)N(C(C)c2ccc(F)cc2)C(=O)C3(C)C)o1. The maximum absolute atomic E-state index is 13.4. The minimum absolute atomic E-state index is 0.0528. The first-order valence-electron chi connectivity index (χ1n) is 10.3. The van der Waals surface area contributed by atoms with Crippen molar-refractivity contribution < 1.29 is 18.4 Å². The van der Waals surface area contributed by atoms with E-state index in [9.17, 15) is 14.0 Å². The second-order valence-electron chi connectivity index (χ2n) is 8.45. The lowest BCUT2D eigenvalue weighted by Gasteiger charge is -2.27. The summed E-state index contributed by atoms with van der Waals surface area (Å²) in [6.07, 6.45) is 0. The Balaban J connectivity index is 1.64. The molecular formula is C25H25FN2O3. The molecule has 160 valence electrons. The summed E-state index contributed by atoms with van der Waals surface area (Å²) in [6.45, 7) is 7.79. The summed E-state index contributed by atoms with van der Waals surface area (Å²) in [5.74, 6) is 0.837. The summed E-state index contributed by atoms with van der Waals surface area (Å²) in [5.41, 5.74) is 2.13. The molecule has 0 saturated heterocycles. The Hall–Kier alpha value is -3.41. The topological polar surface area (TPSA) is 62.6 Å². The molecule has 2 heterocycles. The zero-order valence-corrected chi connectivity index (χ0v) is 18.0. The number of hydrogen-bond donors (Lipinski definition) is 1. The van der Waals surface area contributed by atoms with Crippen LogP contribution >= 0.6 is 0 Å². The van der Waals surface area contributed by atoms with E-state index in [0.29, 0.717) is 17.0 Å². The minimum atomic E-state index is -0.718. The van der Waals surface area contributed by atoms with Crippen LogP contribution in [-0.4, -0.2) is 11.8 Å². The molecule has 31 heavy (non-hydrogen) atoms. The lowest BCUT2D eigenvalue weighted by molar-refractivity contribution is -0.122. The molecule has 0 aliphatic carbocycles. The quantitative estimate of drug-likeness (QED) is 0.629. The molecule has 0 fully saturated rings. The molecule has 2 aromatic carbocycles. The van der Waals surface area contributed by atoms with Crippen LogP contribution in [0.1, 0.15) is 59.8 Å². The number of fused-ring (bicyclic) bond motifs is 1. The van der Waals surface area contributed by atoms with E-state index in [0.717, 1.165) is 16.9 Å². The molecule has 3 aromatic rings. The van der Waals surface area contributed by atoms with Gasteiger partial charge >= 0.3 is 0 Å². The predicted octanol–water partition coefficient (Wildman–Crippen LogP) is 5.04. The van der Waals surface area contributed by atoms with Gasteiger partial charge in [0.05, 0.1) is 18.0 Å². The Morgan fingerprint density at radius 1 is 1.13 bits per heavy atom. The van der Waals surface area contributed by atoms with Crippen molar-refractivity contribution in [3.63, 3.8) is 0 Å². The molecule has 1 aliphatic heterocycles. The lowest BCUT2D eigenvalue weighted by atomic mass is 9.86. The minimum Gasteiger partial charge on any atom is -0.465 e. The molecule has 0 bridgehead atoms. The number of nitrogens with one attached hydrogen (secondary N) is 1. The number of aryl methyl sites for hydroxylation is 1. The highest BCUT2D eigenvalue weighted by molar-refractivity contribution is 6.09. The van der Waals surface area contributed by atoms with Crippen molar-refractivity contribution in [1.29, 1.82) is 0 Å². The van der Waals surface area contributed by atoms with Gasteiger partial charge in [-0.25, -0.2) is 4.39 Å². The van der Waals surface area contributed by atoms with Crippen molar-refractivity contribution in [2.45, 2.75) is 45.7 Å². The van der Waals surface area contributed by atoms with Crippen LogP contribution < -0.4 is 10.2 Å². The number of anilines is 1. The fraction of sp³-hybridized carbons (Fsp3) is 0.280. The molecule has 1 aliphatic rings. The normalized spacial score (nSPS) is 15.6. The van der Waals surface area contributed by atoms with E-state index in [1.165, 1.54) is 12.1 Å². The number of nitrogens with zero attached hydrogens (tertiary/aromatic N) is 1. The van der Waals surface area contributed by atoms with Crippen molar-refractivity contribution in [3.8, 4) is 0 Å². The van der Waals surface area contributed by atoms with Crippen LogP contribution in [0.5, 0.6) is 0 Å². The predicted molar refractivity (Wildman–Crippen MR) is 116 cm³/mol. The summed E-state index contributed by atoms with van der Waals surface area (Å²) in [7, 11) is 0. The smallest absolute Gasteiger partial charge is 0.251 e. The molecule has 0 radical (unpaired) electrons. The van der Waals surface area contributed by atoms with Crippen LogP contribution in [0.2, 0.25) is 0 Å². The van der Waals surface area contributed by atoms with Crippen molar-refractivity contribution in [2.24, 2.45) is 0 Å². The number of amides is 2. The van der Waals surface area contributed by atoms with Gasteiger partial charge in [0.15, 0.2) is 0 Å². The molecule has 4 rings (SSSR count). The fourth-order valence-corrected chi connectivity index (χ4v) is 4.05. The third kappa shape index (κ3) is 3.74.